The second-order valence-corrected chi connectivity index (χ2v) is 4.77. The molecule has 0 bridgehead atoms. The Hall–Kier alpha value is -1.69. The molecule has 0 unspecified atom stereocenters. The lowest BCUT2D eigenvalue weighted by Crippen LogP contribution is -2.06. The highest BCUT2D eigenvalue weighted by Crippen LogP contribution is 2.34. The zero-order valence-corrected chi connectivity index (χ0v) is 12.2. The zero-order valence-electron chi connectivity index (χ0n) is 10.6. The maximum atomic E-state index is 14.2. The molecule has 19 heavy (non-hydrogen) atoms. The summed E-state index contributed by atoms with van der Waals surface area (Å²) in [5.74, 6) is -0.823. The molecule has 1 aromatic heterocycles. The van der Waals surface area contributed by atoms with E-state index in [2.05, 4.69) is 25.7 Å². The van der Waals surface area contributed by atoms with Crippen molar-refractivity contribution in [2.45, 2.75) is 6.92 Å². The van der Waals surface area contributed by atoms with E-state index in [9.17, 15) is 9.18 Å². The lowest BCUT2D eigenvalue weighted by atomic mass is 10.1. The summed E-state index contributed by atoms with van der Waals surface area (Å²) >= 11 is 3.14. The third-order valence-corrected chi connectivity index (χ3v) is 3.32. The highest BCUT2D eigenvalue weighted by atomic mass is 79.9. The molecular formula is C13H11BrFNO3. The number of esters is 1. The highest BCUT2D eigenvalue weighted by molar-refractivity contribution is 9.10. The van der Waals surface area contributed by atoms with Crippen molar-refractivity contribution in [2.24, 2.45) is 0 Å². The summed E-state index contributed by atoms with van der Waals surface area (Å²) in [5.41, 5.74) is 1.18. The van der Waals surface area contributed by atoms with Crippen LogP contribution in [0.4, 0.5) is 4.39 Å². The van der Waals surface area contributed by atoms with Crippen molar-refractivity contribution in [2.75, 3.05) is 14.2 Å². The fraction of sp³-hybridized carbons (Fsp3) is 0.231. The molecule has 100 valence electrons. The standard InChI is InChI=1S/C13H11BrFNO3/c1-6-4-7(14)11(15)10-9(18-2)5-8(13(17)19-3)16-12(6)10/h4-5H,1-3H3. The first kappa shape index (κ1) is 13.7. The Morgan fingerprint density at radius 1 is 1.37 bits per heavy atom. The minimum Gasteiger partial charge on any atom is -0.496 e. The molecular weight excluding hydrogens is 317 g/mol. The number of halogens is 2. The Morgan fingerprint density at radius 2 is 2.05 bits per heavy atom. The number of fused-ring (bicyclic) bond motifs is 1. The summed E-state index contributed by atoms with van der Waals surface area (Å²) in [5, 5.41) is 0.238. The van der Waals surface area contributed by atoms with E-state index in [0.717, 1.165) is 5.56 Å². The average molecular weight is 328 g/mol. The molecule has 0 spiro atoms. The predicted molar refractivity (Wildman–Crippen MR) is 72.0 cm³/mol. The van der Waals surface area contributed by atoms with Crippen LogP contribution in [0.15, 0.2) is 16.6 Å². The van der Waals surface area contributed by atoms with Crippen LogP contribution in [0.2, 0.25) is 0 Å². The summed E-state index contributed by atoms with van der Waals surface area (Å²) in [7, 11) is 2.67. The first-order valence-electron chi connectivity index (χ1n) is 5.41. The number of hydrogen-bond acceptors (Lipinski definition) is 4. The molecule has 0 aliphatic rings. The van der Waals surface area contributed by atoms with Gasteiger partial charge in [-0.05, 0) is 34.5 Å². The Bertz CT molecular complexity index is 673. The lowest BCUT2D eigenvalue weighted by molar-refractivity contribution is 0.0594. The van der Waals surface area contributed by atoms with Gasteiger partial charge >= 0.3 is 5.97 Å². The predicted octanol–water partition coefficient (Wildman–Crippen LogP) is 3.24. The van der Waals surface area contributed by atoms with Gasteiger partial charge in [0.2, 0.25) is 0 Å². The topological polar surface area (TPSA) is 48.4 Å². The van der Waals surface area contributed by atoms with E-state index >= 15 is 0 Å². The van der Waals surface area contributed by atoms with Gasteiger partial charge in [0.15, 0.2) is 11.5 Å². The number of rotatable bonds is 2. The molecule has 4 nitrogen and oxygen atoms in total. The monoisotopic (exact) mass is 327 g/mol. The van der Waals surface area contributed by atoms with Crippen LogP contribution in [0.3, 0.4) is 0 Å². The van der Waals surface area contributed by atoms with Crippen LogP contribution in [-0.2, 0) is 4.74 Å². The van der Waals surface area contributed by atoms with Gasteiger partial charge in [-0.15, -0.1) is 0 Å². The quantitative estimate of drug-likeness (QED) is 0.794. The molecule has 1 aromatic carbocycles. The highest BCUT2D eigenvalue weighted by Gasteiger charge is 2.18. The van der Waals surface area contributed by atoms with Crippen molar-refractivity contribution in [1.82, 2.24) is 4.98 Å². The molecule has 2 aromatic rings. The van der Waals surface area contributed by atoms with Gasteiger partial charge in [-0.3, -0.25) is 0 Å². The molecule has 0 aliphatic heterocycles. The Labute approximate surface area is 117 Å². The van der Waals surface area contributed by atoms with Crippen LogP contribution >= 0.6 is 15.9 Å². The van der Waals surface area contributed by atoms with E-state index in [4.69, 9.17) is 4.74 Å². The third-order valence-electron chi connectivity index (χ3n) is 2.74. The van der Waals surface area contributed by atoms with Gasteiger partial charge in [-0.2, -0.15) is 0 Å². The molecule has 0 aliphatic carbocycles. The SMILES string of the molecule is COC(=O)c1cc(OC)c2c(F)c(Br)cc(C)c2n1. The summed E-state index contributed by atoms with van der Waals surface area (Å²) in [6.45, 7) is 1.78. The normalized spacial score (nSPS) is 10.6. The number of nitrogens with zero attached hydrogens (tertiary/aromatic N) is 1. The largest absolute Gasteiger partial charge is 0.496 e. The zero-order chi connectivity index (χ0) is 14.2. The Kier molecular flexibility index (Phi) is 3.71. The molecule has 2 rings (SSSR count). The number of carbonyl (C=O) groups is 1. The second-order valence-electron chi connectivity index (χ2n) is 3.91. The molecule has 0 N–H and O–H groups in total. The van der Waals surface area contributed by atoms with Crippen LogP contribution < -0.4 is 4.74 Å². The molecule has 0 fully saturated rings. The van der Waals surface area contributed by atoms with Gasteiger partial charge in [0, 0.05) is 6.07 Å². The van der Waals surface area contributed by atoms with Gasteiger partial charge < -0.3 is 9.47 Å². The van der Waals surface area contributed by atoms with Crippen LogP contribution in [-0.4, -0.2) is 25.2 Å². The molecule has 0 saturated heterocycles. The van der Waals surface area contributed by atoms with Crippen molar-refractivity contribution in [3.8, 4) is 5.75 Å². The third kappa shape index (κ3) is 2.28. The van der Waals surface area contributed by atoms with E-state index in [1.807, 2.05) is 0 Å². The number of benzene rings is 1. The summed E-state index contributed by atoms with van der Waals surface area (Å²) in [6.07, 6.45) is 0. The van der Waals surface area contributed by atoms with Crippen LogP contribution in [0.25, 0.3) is 10.9 Å². The van der Waals surface area contributed by atoms with Crippen molar-refractivity contribution in [3.63, 3.8) is 0 Å². The van der Waals surface area contributed by atoms with Gasteiger partial charge in [0.25, 0.3) is 0 Å². The van der Waals surface area contributed by atoms with Crippen LogP contribution in [0, 0.1) is 12.7 Å². The number of aromatic nitrogens is 1. The summed E-state index contributed by atoms with van der Waals surface area (Å²) < 4.78 is 24.2. The smallest absolute Gasteiger partial charge is 0.356 e. The molecule has 0 saturated carbocycles. The van der Waals surface area contributed by atoms with Crippen molar-refractivity contribution >= 4 is 32.8 Å². The molecule has 0 atom stereocenters. The second kappa shape index (κ2) is 5.13. The minimum atomic E-state index is -0.595. The number of pyridine rings is 1. The molecule has 0 amide bonds. The lowest BCUT2D eigenvalue weighted by Gasteiger charge is -2.11. The van der Waals surface area contributed by atoms with E-state index in [-0.39, 0.29) is 16.8 Å². The van der Waals surface area contributed by atoms with Gasteiger partial charge in [-0.25, -0.2) is 14.2 Å². The first-order valence-corrected chi connectivity index (χ1v) is 6.20. The maximum absolute atomic E-state index is 14.2. The number of carbonyl (C=O) groups excluding carboxylic acids is 1. The summed E-state index contributed by atoms with van der Waals surface area (Å²) in [4.78, 5) is 15.7. The van der Waals surface area contributed by atoms with Crippen molar-refractivity contribution < 1.29 is 18.7 Å². The van der Waals surface area contributed by atoms with Crippen LogP contribution in [0.5, 0.6) is 5.75 Å². The van der Waals surface area contributed by atoms with E-state index in [0.29, 0.717) is 9.99 Å². The Balaban J connectivity index is 2.88. The Morgan fingerprint density at radius 3 is 2.63 bits per heavy atom. The van der Waals surface area contributed by atoms with Gasteiger partial charge in [-0.1, -0.05) is 0 Å². The average Bonchev–Trinajstić information content (AvgIpc) is 2.42. The number of ether oxygens (including phenoxy) is 2. The number of methoxy groups -OCH3 is 2. The summed E-state index contributed by atoms with van der Waals surface area (Å²) in [6, 6.07) is 2.97. The molecule has 6 heteroatoms. The van der Waals surface area contributed by atoms with Gasteiger partial charge in [0.05, 0.1) is 29.6 Å². The van der Waals surface area contributed by atoms with Gasteiger partial charge in [0.1, 0.15) is 5.75 Å². The molecule has 0 radical (unpaired) electrons. The number of aryl methyl sites for hydroxylation is 1. The van der Waals surface area contributed by atoms with Crippen LogP contribution in [0.1, 0.15) is 16.1 Å². The first-order chi connectivity index (χ1) is 8.99. The van der Waals surface area contributed by atoms with Crippen molar-refractivity contribution in [1.29, 1.82) is 0 Å². The maximum Gasteiger partial charge on any atom is 0.356 e. The van der Waals surface area contributed by atoms with E-state index in [1.165, 1.54) is 20.3 Å². The molecule has 1 heterocycles. The van der Waals surface area contributed by atoms with Crippen molar-refractivity contribution in [3.05, 3.63) is 33.7 Å². The fourth-order valence-electron chi connectivity index (χ4n) is 1.83. The fourth-order valence-corrected chi connectivity index (χ4v) is 2.37. The minimum absolute atomic E-state index is 0.0803. The number of hydrogen-bond donors (Lipinski definition) is 0. The van der Waals surface area contributed by atoms with E-state index in [1.54, 1.807) is 13.0 Å². The van der Waals surface area contributed by atoms with E-state index < -0.39 is 11.8 Å².